The van der Waals surface area contributed by atoms with Crippen molar-refractivity contribution in [2.45, 2.75) is 64.0 Å². The predicted molar refractivity (Wildman–Crippen MR) is 149 cm³/mol. The highest BCUT2D eigenvalue weighted by Crippen LogP contribution is 2.32. The Labute approximate surface area is 221 Å². The minimum atomic E-state index is -0.333. The summed E-state index contributed by atoms with van der Waals surface area (Å²) in [5.41, 5.74) is 4.20. The number of aromatic nitrogens is 3. The number of benzene rings is 2. The fourth-order valence-corrected chi connectivity index (χ4v) is 6.45. The van der Waals surface area contributed by atoms with Gasteiger partial charge in [0, 0.05) is 42.4 Å². The molecule has 1 fully saturated rings. The maximum absolute atomic E-state index is 13.6. The number of rotatable bonds is 7. The summed E-state index contributed by atoms with van der Waals surface area (Å²) < 4.78 is 16.8. The number of hydrogen-bond donors (Lipinski definition) is 1. The van der Waals surface area contributed by atoms with Crippen molar-refractivity contribution >= 4 is 10.9 Å². The lowest BCUT2D eigenvalue weighted by Crippen LogP contribution is -2.44. The Morgan fingerprint density at radius 3 is 2.61 bits per heavy atom. The van der Waals surface area contributed by atoms with Crippen molar-refractivity contribution in [3.05, 3.63) is 92.6 Å². The van der Waals surface area contributed by atoms with Crippen LogP contribution in [0, 0.1) is 5.82 Å². The first kappa shape index (κ1) is 24.9. The third-order valence-electron chi connectivity index (χ3n) is 8.39. The molecule has 2 aliphatic rings. The molecule has 0 amide bonds. The minimum Gasteiger partial charge on any atom is -0.361 e. The summed E-state index contributed by atoms with van der Waals surface area (Å²) in [6, 6.07) is 14.6. The molecule has 2 aliphatic heterocycles. The van der Waals surface area contributed by atoms with Crippen molar-refractivity contribution in [2.24, 2.45) is 0 Å². The van der Waals surface area contributed by atoms with Gasteiger partial charge in [-0.1, -0.05) is 30.3 Å². The summed E-state index contributed by atoms with van der Waals surface area (Å²) in [5.74, 6) is 0.187. The third kappa shape index (κ3) is 4.75. The lowest BCUT2D eigenvalue weighted by molar-refractivity contribution is 0.204. The standard InChI is InChI=1S/C31H35FN4O2/c32-24-14-12-22(13-15-24)29-28-11-3-4-18-35(28)31(38)36(30(29)37)19-6-5-16-34-17-7-8-23(21-34)26-20-33-27-10-2-1-9-25(26)27/h1-2,9-10,12-15,20,23,33H,3-8,11,16-19,21H2. The van der Waals surface area contributed by atoms with Gasteiger partial charge in [-0.2, -0.15) is 0 Å². The number of H-pyrrole nitrogens is 1. The number of nitrogens with zero attached hydrogens (tertiary/aromatic N) is 3. The molecule has 6 rings (SSSR count). The molecule has 198 valence electrons. The van der Waals surface area contributed by atoms with E-state index in [0.717, 1.165) is 51.0 Å². The molecule has 38 heavy (non-hydrogen) atoms. The normalized spacial score (nSPS) is 18.1. The predicted octanol–water partition coefficient (Wildman–Crippen LogP) is 5.29. The van der Waals surface area contributed by atoms with Gasteiger partial charge in [0.15, 0.2) is 0 Å². The second-order valence-electron chi connectivity index (χ2n) is 10.8. The molecule has 1 atom stereocenters. The largest absolute Gasteiger partial charge is 0.361 e. The van der Waals surface area contributed by atoms with Crippen LogP contribution in [0.25, 0.3) is 22.0 Å². The molecule has 0 radical (unpaired) electrons. The molecule has 1 saturated heterocycles. The van der Waals surface area contributed by atoms with Crippen molar-refractivity contribution in [1.82, 2.24) is 19.0 Å². The quantitative estimate of drug-likeness (QED) is 0.341. The molecule has 0 bridgehead atoms. The van der Waals surface area contributed by atoms with E-state index in [1.807, 2.05) is 0 Å². The highest BCUT2D eigenvalue weighted by atomic mass is 19.1. The number of unbranched alkanes of at least 4 members (excludes halogenated alkanes) is 1. The number of piperidine rings is 1. The Kier molecular flexibility index (Phi) is 7.02. The fraction of sp³-hybridized carbons (Fsp3) is 0.419. The number of likely N-dealkylation sites (tertiary alicyclic amines) is 1. The van der Waals surface area contributed by atoms with Gasteiger partial charge in [0.25, 0.3) is 5.56 Å². The van der Waals surface area contributed by atoms with Gasteiger partial charge in [-0.3, -0.25) is 13.9 Å². The first-order chi connectivity index (χ1) is 18.6. The molecule has 4 aromatic rings. The van der Waals surface area contributed by atoms with Crippen molar-refractivity contribution in [3.8, 4) is 11.1 Å². The summed E-state index contributed by atoms with van der Waals surface area (Å²) in [5, 5.41) is 1.32. The van der Waals surface area contributed by atoms with E-state index in [2.05, 4.69) is 40.3 Å². The van der Waals surface area contributed by atoms with E-state index in [0.29, 0.717) is 36.6 Å². The van der Waals surface area contributed by atoms with Gasteiger partial charge in [0.2, 0.25) is 0 Å². The molecule has 0 aliphatic carbocycles. The van der Waals surface area contributed by atoms with E-state index >= 15 is 0 Å². The monoisotopic (exact) mass is 514 g/mol. The minimum absolute atomic E-state index is 0.201. The molecule has 1 N–H and O–H groups in total. The van der Waals surface area contributed by atoms with Gasteiger partial charge < -0.3 is 9.88 Å². The van der Waals surface area contributed by atoms with E-state index in [9.17, 15) is 14.0 Å². The van der Waals surface area contributed by atoms with Crippen LogP contribution in [0.2, 0.25) is 0 Å². The summed E-state index contributed by atoms with van der Waals surface area (Å²) in [6.45, 7) is 4.13. The van der Waals surface area contributed by atoms with E-state index in [1.165, 1.54) is 46.0 Å². The summed E-state index contributed by atoms with van der Waals surface area (Å²) >= 11 is 0. The zero-order valence-corrected chi connectivity index (χ0v) is 21.8. The van der Waals surface area contributed by atoms with Gasteiger partial charge in [-0.15, -0.1) is 0 Å². The molecule has 0 saturated carbocycles. The zero-order valence-electron chi connectivity index (χ0n) is 21.8. The molecule has 6 nitrogen and oxygen atoms in total. The smallest absolute Gasteiger partial charge is 0.331 e. The highest BCUT2D eigenvalue weighted by molar-refractivity contribution is 5.83. The fourth-order valence-electron chi connectivity index (χ4n) is 6.45. The SMILES string of the molecule is O=c1c(-c2ccc(F)cc2)c2n(c(=O)n1CCCCN1CCCC(c3c[nH]c4ccccc34)C1)CCCC2. The molecule has 7 heteroatoms. The molecule has 1 unspecified atom stereocenters. The molecular formula is C31H35FN4O2. The highest BCUT2D eigenvalue weighted by Gasteiger charge is 2.24. The Balaban J connectivity index is 1.15. The van der Waals surface area contributed by atoms with Crippen LogP contribution in [-0.4, -0.2) is 38.7 Å². The van der Waals surface area contributed by atoms with Crippen molar-refractivity contribution < 1.29 is 4.39 Å². The van der Waals surface area contributed by atoms with Crippen LogP contribution in [0.1, 0.15) is 55.7 Å². The number of halogens is 1. The third-order valence-corrected chi connectivity index (χ3v) is 8.39. The summed E-state index contributed by atoms with van der Waals surface area (Å²) in [6.07, 6.45) is 8.83. The van der Waals surface area contributed by atoms with E-state index in [4.69, 9.17) is 0 Å². The van der Waals surface area contributed by atoms with E-state index in [1.54, 1.807) is 16.7 Å². The van der Waals surface area contributed by atoms with Crippen molar-refractivity contribution in [2.75, 3.05) is 19.6 Å². The lowest BCUT2D eigenvalue weighted by Gasteiger charge is -2.32. The van der Waals surface area contributed by atoms with Crippen LogP contribution in [-0.2, 0) is 19.5 Å². The molecule has 4 heterocycles. The number of aromatic amines is 1. The van der Waals surface area contributed by atoms with E-state index in [-0.39, 0.29) is 17.1 Å². The average Bonchev–Trinajstić information content (AvgIpc) is 3.38. The second kappa shape index (κ2) is 10.7. The van der Waals surface area contributed by atoms with Gasteiger partial charge in [0.1, 0.15) is 5.82 Å². The summed E-state index contributed by atoms with van der Waals surface area (Å²) in [4.78, 5) is 32.8. The molecule has 2 aromatic heterocycles. The maximum atomic E-state index is 13.6. The van der Waals surface area contributed by atoms with Crippen molar-refractivity contribution in [1.29, 1.82) is 0 Å². The zero-order chi connectivity index (χ0) is 26.1. The van der Waals surface area contributed by atoms with E-state index < -0.39 is 0 Å². The van der Waals surface area contributed by atoms with Crippen LogP contribution in [0.4, 0.5) is 4.39 Å². The Hall–Kier alpha value is -3.45. The second-order valence-corrected chi connectivity index (χ2v) is 10.8. The van der Waals surface area contributed by atoms with Gasteiger partial charge in [-0.25, -0.2) is 9.18 Å². The van der Waals surface area contributed by atoms with Crippen LogP contribution < -0.4 is 11.2 Å². The van der Waals surface area contributed by atoms with Crippen LogP contribution in [0.15, 0.2) is 64.3 Å². The van der Waals surface area contributed by atoms with Crippen LogP contribution in [0.3, 0.4) is 0 Å². The van der Waals surface area contributed by atoms with Crippen LogP contribution >= 0.6 is 0 Å². The number of hydrogen-bond acceptors (Lipinski definition) is 3. The Bertz CT molecular complexity index is 1550. The summed E-state index contributed by atoms with van der Waals surface area (Å²) in [7, 11) is 0. The first-order valence-electron chi connectivity index (χ1n) is 14.0. The van der Waals surface area contributed by atoms with Crippen molar-refractivity contribution in [3.63, 3.8) is 0 Å². The lowest BCUT2D eigenvalue weighted by atomic mass is 9.90. The number of fused-ring (bicyclic) bond motifs is 2. The average molecular weight is 515 g/mol. The van der Waals surface area contributed by atoms with Gasteiger partial charge >= 0.3 is 5.69 Å². The number of para-hydroxylation sites is 1. The van der Waals surface area contributed by atoms with Crippen LogP contribution in [0.5, 0.6) is 0 Å². The number of nitrogens with one attached hydrogen (secondary N) is 1. The first-order valence-corrected chi connectivity index (χ1v) is 14.0. The van der Waals surface area contributed by atoms with Gasteiger partial charge in [-0.05, 0) is 93.3 Å². The van der Waals surface area contributed by atoms with Gasteiger partial charge in [0.05, 0.1) is 5.56 Å². The topological polar surface area (TPSA) is 63.0 Å². The molecule has 0 spiro atoms. The maximum Gasteiger partial charge on any atom is 0.331 e. The molecule has 2 aromatic carbocycles. The Morgan fingerprint density at radius 1 is 0.921 bits per heavy atom. The Morgan fingerprint density at radius 2 is 1.74 bits per heavy atom. The molecular weight excluding hydrogens is 479 g/mol.